The number of carboxylic acids is 1. The highest BCUT2D eigenvalue weighted by molar-refractivity contribution is 5.95. The second-order valence-corrected chi connectivity index (χ2v) is 7.08. The van der Waals surface area contributed by atoms with Gasteiger partial charge in [-0.1, -0.05) is 6.07 Å². The van der Waals surface area contributed by atoms with Crippen molar-refractivity contribution >= 4 is 40.9 Å². The number of ether oxygens (including phenoxy) is 1. The molecule has 0 saturated heterocycles. The number of hydrogen-bond donors (Lipinski definition) is 4. The van der Waals surface area contributed by atoms with Crippen molar-refractivity contribution in [3.05, 3.63) is 63.2 Å². The van der Waals surface area contributed by atoms with Crippen molar-refractivity contribution in [2.24, 2.45) is 5.73 Å². The Morgan fingerprint density at radius 2 is 1.90 bits per heavy atom. The van der Waals surface area contributed by atoms with E-state index in [9.17, 15) is 14.4 Å². The summed E-state index contributed by atoms with van der Waals surface area (Å²) >= 11 is 0. The minimum Gasteiger partial charge on any atom is -0.482 e. The van der Waals surface area contributed by atoms with Gasteiger partial charge in [0, 0.05) is 6.54 Å². The van der Waals surface area contributed by atoms with Gasteiger partial charge in [-0.05, 0) is 60.2 Å². The van der Waals surface area contributed by atoms with E-state index in [-0.39, 0.29) is 36.3 Å². The van der Waals surface area contributed by atoms with Crippen LogP contribution in [0.4, 0.5) is 5.69 Å². The molecule has 162 valence electrons. The summed E-state index contributed by atoms with van der Waals surface area (Å²) in [5, 5.41) is 12.0. The smallest absolute Gasteiger partial charge is 0.372 e. The Morgan fingerprint density at radius 3 is 2.61 bits per heavy atom. The van der Waals surface area contributed by atoms with Crippen LogP contribution in [0.1, 0.15) is 33.7 Å². The monoisotopic (exact) mass is 444 g/mol. The van der Waals surface area contributed by atoms with Gasteiger partial charge >= 0.3 is 5.97 Å². The van der Waals surface area contributed by atoms with Gasteiger partial charge in [0.1, 0.15) is 5.75 Å². The van der Waals surface area contributed by atoms with Gasteiger partial charge in [-0.25, -0.2) is 9.78 Å². The van der Waals surface area contributed by atoms with Crippen molar-refractivity contribution in [3.63, 3.8) is 0 Å². The maximum Gasteiger partial charge on any atom is 0.372 e. The number of anilines is 1. The van der Waals surface area contributed by atoms with Crippen molar-refractivity contribution in [3.8, 4) is 5.75 Å². The molecule has 9 nitrogen and oxygen atoms in total. The number of aryl methyl sites for hydroxylation is 2. The number of fused-ring (bicyclic) bond motifs is 3. The van der Waals surface area contributed by atoms with Gasteiger partial charge in [0.2, 0.25) is 5.82 Å². The SMILES string of the molecule is Cl.NCc1ccc2c(c1)NC(=O)CO2.O=C(O)c1nc2cc3c(cc2c(=O)[nH]1)CCC3. The standard InChI is InChI=1S/C12H10N2O3.C9H10N2O2.ClH/c15-11-8-4-6-2-1-3-7(6)5-9(8)13-10(14-11)12(16)17;10-4-6-1-2-8-7(3-6)11-9(12)5-13-8;/h4-5H,1-3H2,(H,16,17)(H,13,14,15);1-3H,4-5,10H2,(H,11,12);1H. The van der Waals surface area contributed by atoms with Crippen LogP contribution >= 0.6 is 12.4 Å². The van der Waals surface area contributed by atoms with Crippen LogP contribution < -0.4 is 21.3 Å². The van der Waals surface area contributed by atoms with E-state index in [1.165, 1.54) is 11.1 Å². The van der Waals surface area contributed by atoms with Gasteiger partial charge in [-0.2, -0.15) is 0 Å². The Bertz CT molecular complexity index is 1220. The van der Waals surface area contributed by atoms with E-state index >= 15 is 0 Å². The first-order valence-electron chi connectivity index (χ1n) is 9.49. The first-order valence-corrected chi connectivity index (χ1v) is 9.49. The Hall–Kier alpha value is -3.43. The molecule has 2 aromatic carbocycles. The summed E-state index contributed by atoms with van der Waals surface area (Å²) in [5.41, 5.74) is 9.57. The summed E-state index contributed by atoms with van der Waals surface area (Å²) in [6, 6.07) is 9.19. The van der Waals surface area contributed by atoms with Crippen molar-refractivity contribution < 1.29 is 19.4 Å². The third-order valence-electron chi connectivity index (χ3n) is 5.03. The predicted octanol–water partition coefficient (Wildman–Crippen LogP) is 2.01. The quantitative estimate of drug-likeness (QED) is 0.472. The number of rotatable bonds is 2. The summed E-state index contributed by atoms with van der Waals surface area (Å²) in [6.45, 7) is 0.554. The average Bonchev–Trinajstić information content (AvgIpc) is 3.19. The Kier molecular flexibility index (Phi) is 6.57. The number of halogens is 1. The van der Waals surface area contributed by atoms with Crippen LogP contribution in [0.15, 0.2) is 35.1 Å². The summed E-state index contributed by atoms with van der Waals surface area (Å²) < 4.78 is 5.18. The predicted molar refractivity (Wildman–Crippen MR) is 117 cm³/mol. The highest BCUT2D eigenvalue weighted by atomic mass is 35.5. The zero-order chi connectivity index (χ0) is 21.3. The largest absolute Gasteiger partial charge is 0.482 e. The number of carbonyl (C=O) groups is 2. The molecule has 31 heavy (non-hydrogen) atoms. The lowest BCUT2D eigenvalue weighted by Crippen LogP contribution is -2.25. The molecule has 2 aliphatic rings. The highest BCUT2D eigenvalue weighted by Gasteiger charge is 2.16. The number of benzene rings is 2. The topological polar surface area (TPSA) is 147 Å². The lowest BCUT2D eigenvalue weighted by Gasteiger charge is -2.18. The number of aromatic nitrogens is 2. The van der Waals surface area contributed by atoms with Crippen LogP contribution in [0, 0.1) is 0 Å². The van der Waals surface area contributed by atoms with Crippen LogP contribution in [0.25, 0.3) is 10.9 Å². The molecule has 0 bridgehead atoms. The molecule has 10 heteroatoms. The molecule has 1 aliphatic heterocycles. The number of hydrogen-bond acceptors (Lipinski definition) is 6. The fourth-order valence-corrected chi connectivity index (χ4v) is 3.57. The number of carbonyl (C=O) groups excluding carboxylic acids is 1. The highest BCUT2D eigenvalue weighted by Crippen LogP contribution is 2.28. The number of carboxylic acid groups (broad SMARTS) is 1. The summed E-state index contributed by atoms with van der Waals surface area (Å²) in [7, 11) is 0. The van der Waals surface area contributed by atoms with Crippen LogP contribution in [0.5, 0.6) is 5.75 Å². The molecule has 0 spiro atoms. The number of nitrogens with one attached hydrogen (secondary N) is 2. The second-order valence-electron chi connectivity index (χ2n) is 7.08. The molecule has 3 aromatic rings. The first kappa shape index (κ1) is 22.3. The molecule has 2 heterocycles. The fraction of sp³-hybridized carbons (Fsp3) is 0.238. The van der Waals surface area contributed by atoms with E-state index in [4.69, 9.17) is 15.6 Å². The van der Waals surface area contributed by atoms with Gasteiger partial charge in [0.15, 0.2) is 6.61 Å². The molecule has 1 aromatic heterocycles. The van der Waals surface area contributed by atoms with Gasteiger partial charge in [-0.15, -0.1) is 12.4 Å². The van der Waals surface area contributed by atoms with E-state index in [0.29, 0.717) is 28.9 Å². The van der Waals surface area contributed by atoms with Gasteiger partial charge < -0.3 is 25.9 Å². The molecule has 1 amide bonds. The normalized spacial score (nSPS) is 13.6. The van der Waals surface area contributed by atoms with Crippen LogP contribution in [-0.2, 0) is 24.2 Å². The minimum absolute atomic E-state index is 0. The van der Waals surface area contributed by atoms with E-state index < -0.39 is 5.97 Å². The molecule has 5 N–H and O–H groups in total. The van der Waals surface area contributed by atoms with Crippen LogP contribution in [0.2, 0.25) is 0 Å². The maximum atomic E-state index is 11.7. The summed E-state index contributed by atoms with van der Waals surface area (Å²) in [4.78, 5) is 39.7. The number of aromatic amines is 1. The number of nitrogens with two attached hydrogens (primary N) is 1. The zero-order valence-electron chi connectivity index (χ0n) is 16.4. The third-order valence-corrected chi connectivity index (χ3v) is 5.03. The Balaban J connectivity index is 0.000000176. The molecule has 0 fully saturated rings. The summed E-state index contributed by atoms with van der Waals surface area (Å²) in [6.07, 6.45) is 3.03. The van der Waals surface area contributed by atoms with Gasteiger partial charge in [0.25, 0.3) is 11.5 Å². The molecular formula is C21H21ClN4O5. The lowest BCUT2D eigenvalue weighted by molar-refractivity contribution is -0.118. The molecule has 0 unspecified atom stereocenters. The first-order chi connectivity index (χ1) is 14.4. The zero-order valence-corrected chi connectivity index (χ0v) is 17.3. The molecule has 1 aliphatic carbocycles. The Morgan fingerprint density at radius 1 is 1.16 bits per heavy atom. The number of H-pyrrole nitrogens is 1. The van der Waals surface area contributed by atoms with Crippen LogP contribution in [-0.4, -0.2) is 33.6 Å². The van der Waals surface area contributed by atoms with Gasteiger partial charge in [-0.3, -0.25) is 9.59 Å². The second kappa shape index (κ2) is 9.15. The van der Waals surface area contributed by atoms with Crippen molar-refractivity contribution in [1.82, 2.24) is 9.97 Å². The van der Waals surface area contributed by atoms with Crippen molar-refractivity contribution in [1.29, 1.82) is 0 Å². The molecular weight excluding hydrogens is 424 g/mol. The fourth-order valence-electron chi connectivity index (χ4n) is 3.57. The molecule has 5 rings (SSSR count). The van der Waals surface area contributed by atoms with Crippen molar-refractivity contribution in [2.75, 3.05) is 11.9 Å². The maximum absolute atomic E-state index is 11.7. The number of amides is 1. The third kappa shape index (κ3) is 4.68. The number of nitrogens with zero attached hydrogens (tertiary/aromatic N) is 1. The van der Waals surface area contributed by atoms with Gasteiger partial charge in [0.05, 0.1) is 16.6 Å². The number of aromatic carboxylic acids is 1. The molecule has 0 radical (unpaired) electrons. The lowest BCUT2D eigenvalue weighted by atomic mass is 10.1. The van der Waals surface area contributed by atoms with E-state index in [1.54, 1.807) is 0 Å². The Labute approximate surface area is 183 Å². The van der Waals surface area contributed by atoms with Crippen LogP contribution in [0.3, 0.4) is 0 Å². The van der Waals surface area contributed by atoms with E-state index in [0.717, 1.165) is 24.8 Å². The minimum atomic E-state index is -1.22. The average molecular weight is 445 g/mol. The molecule has 0 atom stereocenters. The van der Waals surface area contributed by atoms with E-state index in [2.05, 4.69) is 15.3 Å². The van der Waals surface area contributed by atoms with E-state index in [1.807, 2.05) is 30.3 Å². The molecule has 0 saturated carbocycles. The summed E-state index contributed by atoms with van der Waals surface area (Å²) in [5.74, 6) is -0.941. The van der Waals surface area contributed by atoms with Crippen molar-refractivity contribution in [2.45, 2.75) is 25.8 Å².